The molecule has 0 atom stereocenters. The van der Waals surface area contributed by atoms with Crippen LogP contribution in [0.1, 0.15) is 15.9 Å². The van der Waals surface area contributed by atoms with Gasteiger partial charge in [-0.3, -0.25) is 4.79 Å². The summed E-state index contributed by atoms with van der Waals surface area (Å²) in [6.07, 6.45) is 0. The first-order valence-corrected chi connectivity index (χ1v) is 3.17. The van der Waals surface area contributed by atoms with E-state index < -0.39 is 11.7 Å². The molecule has 0 saturated heterocycles. The lowest BCUT2D eigenvalue weighted by molar-refractivity contribution is 0.0999. The molecule has 0 aromatic heterocycles. The fraction of sp³-hybridized carbons (Fsp3) is 0.125. The highest BCUT2D eigenvalue weighted by Crippen LogP contribution is 2.08. The van der Waals surface area contributed by atoms with Crippen molar-refractivity contribution in [1.82, 2.24) is 0 Å². The quantitative estimate of drug-likeness (QED) is 0.782. The minimum Gasteiger partial charge on any atom is -0.366 e. The summed E-state index contributed by atoms with van der Waals surface area (Å²) in [4.78, 5) is 10.6. The first-order valence-electron chi connectivity index (χ1n) is 3.17. The Morgan fingerprint density at radius 2 is 1.92 bits per heavy atom. The van der Waals surface area contributed by atoms with Crippen molar-refractivity contribution in [2.24, 2.45) is 5.73 Å². The molecule has 0 saturated carbocycles. The number of amides is 1. The molecule has 0 bridgehead atoms. The Balaban J connectivity index is 0. The average Bonchev–Trinajstić information content (AvgIpc) is 1.94. The van der Waals surface area contributed by atoms with Crippen LogP contribution in [0.4, 0.5) is 4.39 Å². The van der Waals surface area contributed by atoms with Gasteiger partial charge in [-0.2, -0.15) is 0 Å². The number of carbonyl (C=O) groups is 1. The van der Waals surface area contributed by atoms with Crippen molar-refractivity contribution >= 4 is 30.7 Å². The molecule has 13 heavy (non-hydrogen) atoms. The summed E-state index contributed by atoms with van der Waals surface area (Å²) in [5.41, 5.74) is 5.91. The van der Waals surface area contributed by atoms with Gasteiger partial charge in [0.05, 0.1) is 0 Å². The first kappa shape index (κ1) is 14.7. The van der Waals surface area contributed by atoms with Gasteiger partial charge in [-0.25, -0.2) is 4.39 Å². The van der Waals surface area contributed by atoms with Gasteiger partial charge in [0, 0.05) is 5.56 Å². The minimum atomic E-state index is -0.595. The summed E-state index contributed by atoms with van der Waals surface area (Å²) in [7, 11) is 0. The summed E-state index contributed by atoms with van der Waals surface area (Å²) in [5.74, 6) is -1.04. The van der Waals surface area contributed by atoms with Gasteiger partial charge in [-0.15, -0.1) is 24.8 Å². The zero-order valence-electron chi connectivity index (χ0n) is 6.91. The molecule has 1 aromatic carbocycles. The van der Waals surface area contributed by atoms with Gasteiger partial charge >= 0.3 is 0 Å². The second-order valence-corrected chi connectivity index (χ2v) is 2.32. The van der Waals surface area contributed by atoms with Crippen LogP contribution in [-0.4, -0.2) is 5.91 Å². The summed E-state index contributed by atoms with van der Waals surface area (Å²) >= 11 is 0. The van der Waals surface area contributed by atoms with E-state index in [1.165, 1.54) is 12.1 Å². The maximum Gasteiger partial charge on any atom is 0.249 e. The molecule has 5 heteroatoms. The summed E-state index contributed by atoms with van der Waals surface area (Å²) < 4.78 is 12.5. The van der Waals surface area contributed by atoms with E-state index in [1.54, 1.807) is 6.92 Å². The van der Waals surface area contributed by atoms with Crippen LogP contribution in [-0.2, 0) is 0 Å². The topological polar surface area (TPSA) is 43.1 Å². The number of carbonyl (C=O) groups excluding carboxylic acids is 1. The Morgan fingerprint density at radius 3 is 2.31 bits per heavy atom. The number of nitrogens with two attached hydrogens (primary N) is 1. The maximum atomic E-state index is 12.5. The van der Waals surface area contributed by atoms with E-state index in [2.05, 4.69) is 0 Å². The van der Waals surface area contributed by atoms with Gasteiger partial charge in [0.25, 0.3) is 0 Å². The highest BCUT2D eigenvalue weighted by Gasteiger charge is 2.04. The summed E-state index contributed by atoms with van der Waals surface area (Å²) in [5, 5.41) is 0. The lowest BCUT2D eigenvalue weighted by Gasteiger charge is -1.99. The van der Waals surface area contributed by atoms with E-state index in [9.17, 15) is 9.18 Å². The second kappa shape index (κ2) is 5.78. The van der Waals surface area contributed by atoms with Crippen LogP contribution in [0.15, 0.2) is 18.2 Å². The molecule has 0 radical (unpaired) electrons. The Hall–Kier alpha value is -0.800. The molecule has 0 unspecified atom stereocenters. The molecule has 2 N–H and O–H groups in total. The van der Waals surface area contributed by atoms with Crippen molar-refractivity contribution in [3.63, 3.8) is 0 Å². The molecular weight excluding hydrogens is 216 g/mol. The number of halogens is 3. The van der Waals surface area contributed by atoms with Crippen LogP contribution in [0.2, 0.25) is 0 Å². The number of primary amides is 1. The summed E-state index contributed by atoms with van der Waals surface area (Å²) in [6.45, 7) is 1.71. The average molecular weight is 226 g/mol. The van der Waals surface area contributed by atoms with Crippen LogP contribution >= 0.6 is 24.8 Å². The third-order valence-electron chi connectivity index (χ3n) is 1.47. The highest BCUT2D eigenvalue weighted by molar-refractivity contribution is 5.94. The maximum absolute atomic E-state index is 12.5. The van der Waals surface area contributed by atoms with Crippen LogP contribution in [0.5, 0.6) is 0 Å². The molecule has 2 nitrogen and oxygen atoms in total. The van der Waals surface area contributed by atoms with Gasteiger partial charge in [0.15, 0.2) is 0 Å². The zero-order valence-corrected chi connectivity index (χ0v) is 8.55. The van der Waals surface area contributed by atoms with Crippen molar-refractivity contribution < 1.29 is 9.18 Å². The van der Waals surface area contributed by atoms with Crippen molar-refractivity contribution in [3.8, 4) is 0 Å². The largest absolute Gasteiger partial charge is 0.366 e. The van der Waals surface area contributed by atoms with Crippen molar-refractivity contribution in [3.05, 3.63) is 35.1 Å². The third-order valence-corrected chi connectivity index (χ3v) is 1.47. The molecule has 0 aliphatic rings. The number of rotatable bonds is 1. The van der Waals surface area contributed by atoms with E-state index in [4.69, 9.17) is 5.73 Å². The van der Waals surface area contributed by atoms with E-state index in [1.807, 2.05) is 0 Å². The molecule has 0 heterocycles. The van der Waals surface area contributed by atoms with E-state index in [0.29, 0.717) is 5.56 Å². The van der Waals surface area contributed by atoms with Crippen molar-refractivity contribution in [1.29, 1.82) is 0 Å². The lowest BCUT2D eigenvalue weighted by atomic mass is 10.1. The number of hydrogen-bond donors (Lipinski definition) is 1. The van der Waals surface area contributed by atoms with Gasteiger partial charge < -0.3 is 5.73 Å². The van der Waals surface area contributed by atoms with Crippen LogP contribution in [0.25, 0.3) is 0 Å². The SMILES string of the molecule is Cc1ccc(F)cc1C(N)=O.Cl.Cl. The second-order valence-electron chi connectivity index (χ2n) is 2.32. The molecule has 0 aliphatic carbocycles. The highest BCUT2D eigenvalue weighted by atomic mass is 35.5. The van der Waals surface area contributed by atoms with Crippen LogP contribution in [0.3, 0.4) is 0 Å². The zero-order chi connectivity index (χ0) is 8.43. The van der Waals surface area contributed by atoms with E-state index in [0.717, 1.165) is 6.07 Å². The number of benzene rings is 1. The Morgan fingerprint density at radius 1 is 1.38 bits per heavy atom. The van der Waals surface area contributed by atoms with Gasteiger partial charge in [0.1, 0.15) is 5.82 Å². The smallest absolute Gasteiger partial charge is 0.249 e. The Labute approximate surface area is 88.1 Å². The van der Waals surface area contributed by atoms with Gasteiger partial charge in [-0.05, 0) is 24.6 Å². The van der Waals surface area contributed by atoms with Crippen LogP contribution < -0.4 is 5.73 Å². The predicted molar refractivity (Wildman–Crippen MR) is 54.2 cm³/mol. The molecular formula is C8H10Cl2FNO. The van der Waals surface area contributed by atoms with E-state index >= 15 is 0 Å². The Bertz CT molecular complexity index is 304. The molecule has 0 spiro atoms. The fourth-order valence-electron chi connectivity index (χ4n) is 0.860. The molecule has 1 aromatic rings. The normalized spacial score (nSPS) is 8.15. The molecule has 0 aliphatic heterocycles. The summed E-state index contributed by atoms with van der Waals surface area (Å²) in [6, 6.07) is 3.95. The lowest BCUT2D eigenvalue weighted by Crippen LogP contribution is -2.12. The molecule has 74 valence electrons. The minimum absolute atomic E-state index is 0. The monoisotopic (exact) mass is 225 g/mol. The van der Waals surface area contributed by atoms with Crippen molar-refractivity contribution in [2.75, 3.05) is 0 Å². The molecule has 1 amide bonds. The van der Waals surface area contributed by atoms with Crippen LogP contribution in [0, 0.1) is 12.7 Å². The van der Waals surface area contributed by atoms with Gasteiger partial charge in [0.2, 0.25) is 5.91 Å². The predicted octanol–water partition coefficient (Wildman–Crippen LogP) is 2.08. The number of aryl methyl sites for hydroxylation is 1. The molecule has 1 rings (SSSR count). The number of hydrogen-bond acceptors (Lipinski definition) is 1. The fourth-order valence-corrected chi connectivity index (χ4v) is 0.860. The first-order chi connectivity index (χ1) is 5.11. The van der Waals surface area contributed by atoms with E-state index in [-0.39, 0.29) is 30.4 Å². The molecule has 0 fully saturated rings. The Kier molecular flexibility index (Phi) is 6.54. The van der Waals surface area contributed by atoms with Gasteiger partial charge in [-0.1, -0.05) is 6.07 Å². The third kappa shape index (κ3) is 3.61. The van der Waals surface area contributed by atoms with Crippen molar-refractivity contribution in [2.45, 2.75) is 6.92 Å². The standard InChI is InChI=1S/C8H8FNO.2ClH/c1-5-2-3-6(9)4-7(5)8(10)11;;/h2-4H,1H3,(H2,10,11);2*1H.